The Morgan fingerprint density at radius 2 is 0.921 bits per heavy atom. The molecule has 0 saturated heterocycles. The van der Waals surface area contributed by atoms with Gasteiger partial charge in [-0.1, -0.05) is 49.7 Å². The molecule has 0 aliphatic heterocycles. The maximum atomic E-state index is 12.0. The van der Waals surface area contributed by atoms with Crippen molar-refractivity contribution in [1.82, 2.24) is 8.85 Å². The van der Waals surface area contributed by atoms with E-state index in [4.69, 9.17) is 31.0 Å². The number of ether oxygens (including phenoxy) is 1. The smallest absolute Gasteiger partial charge is 0.224 e. The monoisotopic (exact) mass is 962 g/mol. The molecule has 0 saturated carbocycles. The van der Waals surface area contributed by atoms with Gasteiger partial charge in [-0.15, -0.1) is 39.4 Å². The third kappa shape index (κ3) is 20.5. The standard InChI is InChI=1S/C18H17N3O3S2.C12H13N3O4S3.C12H12N2S/c19-12-15-6-4-9-18(17(15)13-20)25-10-5-11-26(22,23)21-14-24-16-7-2-1-3-8-16;1-21(16,17)15-22(18,19)7-3-6-20-12-5-2-4-10(8-13)11(12)9-14;1-2-3-7-15-12-6-4-5-10(8-13)11(12)9-14/h1-4,6-9,21H,5,10-11,14H2;2,4-5,15H,3,6-7H2,1H3;4-6H,2-3,7H2,1H3. The summed E-state index contributed by atoms with van der Waals surface area (Å²) >= 11 is 4.26. The van der Waals surface area contributed by atoms with Gasteiger partial charge in [0.15, 0.2) is 6.73 Å². The van der Waals surface area contributed by atoms with E-state index in [0.29, 0.717) is 55.7 Å². The summed E-state index contributed by atoms with van der Waals surface area (Å²) in [5.74, 6) is 2.09. The van der Waals surface area contributed by atoms with Crippen LogP contribution in [0.2, 0.25) is 0 Å². The topological polar surface area (TPSA) is 278 Å². The predicted octanol–water partition coefficient (Wildman–Crippen LogP) is 6.98. The first-order valence-electron chi connectivity index (χ1n) is 18.6. The molecule has 0 aromatic heterocycles. The average Bonchev–Trinajstić information content (AvgIpc) is 3.26. The van der Waals surface area contributed by atoms with Gasteiger partial charge < -0.3 is 4.74 Å². The Hall–Kier alpha value is -5.56. The fraction of sp³-hybridized carbons (Fsp3) is 0.286. The van der Waals surface area contributed by atoms with Crippen molar-refractivity contribution in [3.8, 4) is 42.2 Å². The number of hydrogen-bond acceptors (Lipinski definition) is 16. The van der Waals surface area contributed by atoms with Crippen LogP contribution in [0.25, 0.3) is 0 Å². The van der Waals surface area contributed by atoms with E-state index >= 15 is 0 Å². The number of hydrogen-bond donors (Lipinski definition) is 2. The molecular weight excluding hydrogens is 921 g/mol. The number of para-hydroxylation sites is 1. The van der Waals surface area contributed by atoms with Crippen molar-refractivity contribution >= 4 is 65.4 Å². The quantitative estimate of drug-likeness (QED) is 0.0513. The van der Waals surface area contributed by atoms with E-state index in [-0.39, 0.29) is 35.8 Å². The summed E-state index contributed by atoms with van der Waals surface area (Å²) in [6.07, 6.45) is 3.66. The molecule has 0 radical (unpaired) electrons. The lowest BCUT2D eigenvalue weighted by Gasteiger charge is -2.09. The van der Waals surface area contributed by atoms with Crippen molar-refractivity contribution in [1.29, 1.82) is 31.6 Å². The number of benzene rings is 4. The van der Waals surface area contributed by atoms with Gasteiger partial charge in [-0.25, -0.2) is 25.3 Å². The number of nitrogens with zero attached hydrogens (tertiary/aromatic N) is 6. The van der Waals surface area contributed by atoms with E-state index in [0.717, 1.165) is 29.7 Å². The summed E-state index contributed by atoms with van der Waals surface area (Å²) in [5, 5.41) is 54.0. The summed E-state index contributed by atoms with van der Waals surface area (Å²) in [4.78, 5) is 2.20. The van der Waals surface area contributed by atoms with Crippen LogP contribution in [0.3, 0.4) is 0 Å². The minimum atomic E-state index is -3.89. The van der Waals surface area contributed by atoms with Crippen LogP contribution in [0.4, 0.5) is 0 Å². The van der Waals surface area contributed by atoms with Crippen molar-refractivity contribution in [2.75, 3.05) is 41.8 Å². The summed E-state index contributed by atoms with van der Waals surface area (Å²) in [7, 11) is -11.1. The van der Waals surface area contributed by atoms with E-state index in [1.54, 1.807) is 76.6 Å². The lowest BCUT2D eigenvalue weighted by molar-refractivity contribution is 0.311. The summed E-state index contributed by atoms with van der Waals surface area (Å²) in [5.41, 5.74) is 2.16. The van der Waals surface area contributed by atoms with Crippen LogP contribution in [0.1, 0.15) is 66.0 Å². The molecule has 4 aromatic rings. The molecule has 0 aliphatic carbocycles. The Morgan fingerprint density at radius 1 is 0.524 bits per heavy atom. The second kappa shape index (κ2) is 28.2. The molecular formula is C42H42N8O7S6. The highest BCUT2D eigenvalue weighted by Crippen LogP contribution is 2.27. The van der Waals surface area contributed by atoms with Gasteiger partial charge in [0.05, 0.1) is 51.1 Å². The molecule has 0 bridgehead atoms. The number of nitriles is 6. The highest BCUT2D eigenvalue weighted by Gasteiger charge is 2.17. The van der Waals surface area contributed by atoms with E-state index in [1.165, 1.54) is 29.6 Å². The molecule has 21 heteroatoms. The van der Waals surface area contributed by atoms with Gasteiger partial charge >= 0.3 is 0 Å². The van der Waals surface area contributed by atoms with Gasteiger partial charge in [-0.05, 0) is 85.1 Å². The Labute approximate surface area is 382 Å². The van der Waals surface area contributed by atoms with Gasteiger partial charge in [-0.2, -0.15) is 36.3 Å². The fourth-order valence-corrected chi connectivity index (χ4v) is 11.9. The number of thioether (sulfide) groups is 3. The molecule has 0 fully saturated rings. The largest absolute Gasteiger partial charge is 0.477 e. The molecule has 0 unspecified atom stereocenters. The number of sulfonamides is 3. The summed E-state index contributed by atoms with van der Waals surface area (Å²) < 4.78 is 78.0. The lowest BCUT2D eigenvalue weighted by atomic mass is 10.1. The number of unbranched alkanes of at least 4 members (excludes halogenated alkanes) is 1. The second-order valence-electron chi connectivity index (χ2n) is 12.6. The van der Waals surface area contributed by atoms with Crippen molar-refractivity contribution in [3.63, 3.8) is 0 Å². The zero-order valence-corrected chi connectivity index (χ0v) is 39.0. The van der Waals surface area contributed by atoms with E-state index in [1.807, 2.05) is 48.5 Å². The van der Waals surface area contributed by atoms with E-state index in [2.05, 4.69) is 17.7 Å². The molecule has 0 atom stereocenters. The molecule has 0 heterocycles. The van der Waals surface area contributed by atoms with Crippen LogP contribution >= 0.6 is 35.3 Å². The zero-order valence-electron chi connectivity index (χ0n) is 34.1. The van der Waals surface area contributed by atoms with Gasteiger partial charge in [-0.3, -0.25) is 0 Å². The lowest BCUT2D eigenvalue weighted by Crippen LogP contribution is -2.31. The molecule has 0 aliphatic rings. The number of rotatable bonds is 20. The van der Waals surface area contributed by atoms with Crippen molar-refractivity contribution < 1.29 is 30.0 Å². The van der Waals surface area contributed by atoms with E-state index in [9.17, 15) is 30.5 Å². The van der Waals surface area contributed by atoms with Gasteiger partial charge in [0.1, 0.15) is 42.2 Å². The minimum absolute atomic E-state index is 0.0437. The van der Waals surface area contributed by atoms with Crippen LogP contribution in [0.15, 0.2) is 99.6 Å². The molecule has 63 heavy (non-hydrogen) atoms. The molecule has 328 valence electrons. The first-order chi connectivity index (χ1) is 30.1. The molecule has 2 N–H and O–H groups in total. The van der Waals surface area contributed by atoms with Crippen LogP contribution < -0.4 is 13.6 Å². The Bertz CT molecular complexity index is 2750. The van der Waals surface area contributed by atoms with Crippen LogP contribution in [0, 0.1) is 68.0 Å². The summed E-state index contributed by atoms with van der Waals surface area (Å²) in [6.45, 7) is 2.01. The zero-order chi connectivity index (χ0) is 46.7. The van der Waals surface area contributed by atoms with E-state index < -0.39 is 30.1 Å². The van der Waals surface area contributed by atoms with Crippen molar-refractivity contribution in [3.05, 3.63) is 118 Å². The molecule has 0 amide bonds. The van der Waals surface area contributed by atoms with Crippen molar-refractivity contribution in [2.24, 2.45) is 0 Å². The molecule has 0 spiro atoms. The van der Waals surface area contributed by atoms with Crippen molar-refractivity contribution in [2.45, 2.75) is 47.3 Å². The maximum Gasteiger partial charge on any atom is 0.224 e. The maximum absolute atomic E-state index is 12.0. The third-order valence-electron chi connectivity index (χ3n) is 7.70. The van der Waals surface area contributed by atoms with Crippen LogP contribution in [0.5, 0.6) is 5.75 Å². The normalized spacial score (nSPS) is 10.7. The molecule has 4 aromatic carbocycles. The fourth-order valence-electron chi connectivity index (χ4n) is 4.83. The molecule has 4 rings (SSSR count). The minimum Gasteiger partial charge on any atom is -0.477 e. The molecule has 15 nitrogen and oxygen atoms in total. The second-order valence-corrected chi connectivity index (χ2v) is 21.7. The van der Waals surface area contributed by atoms with Gasteiger partial charge in [0.25, 0.3) is 0 Å². The van der Waals surface area contributed by atoms with Crippen LogP contribution in [-0.2, 0) is 30.1 Å². The van der Waals surface area contributed by atoms with Gasteiger partial charge in [0, 0.05) is 14.7 Å². The highest BCUT2D eigenvalue weighted by atomic mass is 32.3. The van der Waals surface area contributed by atoms with Gasteiger partial charge in [0.2, 0.25) is 30.1 Å². The first kappa shape index (κ1) is 53.6. The first-order valence-corrected chi connectivity index (χ1v) is 26.8. The Balaban J connectivity index is 0.000000337. The third-order valence-corrected chi connectivity index (χ3v) is 15.6. The highest BCUT2D eigenvalue weighted by molar-refractivity contribution is 8.04. The SMILES string of the molecule is CCCCSc1cccc(C#N)c1C#N.CS(=O)(=O)NS(=O)(=O)CCCSc1cccc(C#N)c1C#N.N#Cc1cccc(SCCCS(=O)(=O)NCOc2ccccc2)c1C#N. The Kier molecular flexibility index (Phi) is 24.0. The van der Waals surface area contributed by atoms with Crippen LogP contribution in [-0.4, -0.2) is 67.0 Å². The Morgan fingerprint density at radius 3 is 1.29 bits per heavy atom. The average molecular weight is 963 g/mol. The summed E-state index contributed by atoms with van der Waals surface area (Å²) in [6, 6.07) is 36.3. The predicted molar refractivity (Wildman–Crippen MR) is 245 cm³/mol. The number of nitrogens with one attached hydrogen (secondary N) is 2.